The number of aliphatic hydroxyl groups is 1. The number of nitrogens with zero attached hydrogens (tertiary/aromatic N) is 4. The van der Waals surface area contributed by atoms with Crippen molar-refractivity contribution in [2.75, 3.05) is 23.8 Å². The van der Waals surface area contributed by atoms with Crippen molar-refractivity contribution in [3.8, 4) is 10.6 Å². The zero-order valence-electron chi connectivity index (χ0n) is 18.9. The Bertz CT molecular complexity index is 1090. The van der Waals surface area contributed by atoms with Crippen LogP contribution in [0.25, 0.3) is 20.8 Å². The highest BCUT2D eigenvalue weighted by Gasteiger charge is 2.26. The minimum absolute atomic E-state index is 0.205. The molecule has 0 aliphatic heterocycles. The van der Waals surface area contributed by atoms with Gasteiger partial charge in [0.2, 0.25) is 5.95 Å². The molecule has 2 fully saturated rings. The van der Waals surface area contributed by atoms with Gasteiger partial charge in [-0.3, -0.25) is 4.98 Å². The first-order valence-corrected chi connectivity index (χ1v) is 12.7. The standard InChI is InChI=1S/C24H32N6OS/c1-3-17(5-4-10-31)28-22-21(14(2)27-24(30-22)26-12-15-6-7-15)23-29-19-13-25-18(16-8-9-16)11-20(19)32-23/h11,13,15-17,31H,3-10,12H2,1-2H3,(H2,26,27,28,30). The molecule has 1 unspecified atom stereocenters. The van der Waals surface area contributed by atoms with E-state index in [-0.39, 0.29) is 12.6 Å². The van der Waals surface area contributed by atoms with Crippen LogP contribution in [0.4, 0.5) is 11.8 Å². The Morgan fingerprint density at radius 3 is 2.75 bits per heavy atom. The van der Waals surface area contributed by atoms with E-state index in [1.54, 1.807) is 11.3 Å². The Labute approximate surface area is 193 Å². The van der Waals surface area contributed by atoms with Gasteiger partial charge in [0.1, 0.15) is 16.3 Å². The lowest BCUT2D eigenvalue weighted by Crippen LogP contribution is -2.21. The lowest BCUT2D eigenvalue weighted by molar-refractivity contribution is 0.280. The molecule has 1 atom stereocenters. The van der Waals surface area contributed by atoms with Crippen LogP contribution in [0, 0.1) is 12.8 Å². The Kier molecular flexibility index (Phi) is 6.24. The Morgan fingerprint density at radius 1 is 1.19 bits per heavy atom. The first-order valence-electron chi connectivity index (χ1n) is 11.9. The number of aromatic nitrogens is 4. The molecule has 3 heterocycles. The van der Waals surface area contributed by atoms with Crippen LogP contribution < -0.4 is 10.6 Å². The van der Waals surface area contributed by atoms with Crippen molar-refractivity contribution in [3.05, 3.63) is 23.7 Å². The van der Waals surface area contributed by atoms with Crippen molar-refractivity contribution in [2.24, 2.45) is 5.92 Å². The Morgan fingerprint density at radius 2 is 2.03 bits per heavy atom. The highest BCUT2D eigenvalue weighted by Crippen LogP contribution is 2.42. The second kappa shape index (κ2) is 9.27. The average molecular weight is 453 g/mol. The molecule has 2 aliphatic carbocycles. The number of anilines is 2. The van der Waals surface area contributed by atoms with E-state index in [1.807, 2.05) is 13.1 Å². The molecule has 5 rings (SSSR count). The summed E-state index contributed by atoms with van der Waals surface area (Å²) in [4.78, 5) is 19.2. The molecule has 3 aromatic rings. The molecule has 3 N–H and O–H groups in total. The number of aryl methyl sites for hydroxylation is 1. The Balaban J connectivity index is 1.50. The predicted molar refractivity (Wildman–Crippen MR) is 130 cm³/mol. The minimum atomic E-state index is 0.205. The maximum Gasteiger partial charge on any atom is 0.224 e. The van der Waals surface area contributed by atoms with E-state index in [0.717, 1.165) is 59.3 Å². The molecule has 3 aromatic heterocycles. The SMILES string of the molecule is CCC(CCCO)Nc1nc(NCC2CC2)nc(C)c1-c1nc2cnc(C3CC3)cc2s1. The fourth-order valence-corrected chi connectivity index (χ4v) is 5.12. The first kappa shape index (κ1) is 21.5. The summed E-state index contributed by atoms with van der Waals surface area (Å²) < 4.78 is 1.17. The maximum absolute atomic E-state index is 9.29. The molecule has 170 valence electrons. The summed E-state index contributed by atoms with van der Waals surface area (Å²) >= 11 is 1.69. The van der Waals surface area contributed by atoms with Crippen molar-refractivity contribution >= 4 is 33.3 Å². The van der Waals surface area contributed by atoms with E-state index in [9.17, 15) is 5.11 Å². The second-order valence-electron chi connectivity index (χ2n) is 9.17. The molecule has 0 saturated heterocycles. The van der Waals surface area contributed by atoms with Crippen molar-refractivity contribution in [2.45, 2.75) is 70.8 Å². The van der Waals surface area contributed by atoms with Crippen molar-refractivity contribution in [3.63, 3.8) is 0 Å². The first-order chi connectivity index (χ1) is 15.6. The highest BCUT2D eigenvalue weighted by atomic mass is 32.1. The number of hydrogen-bond acceptors (Lipinski definition) is 8. The van der Waals surface area contributed by atoms with Gasteiger partial charge in [-0.1, -0.05) is 6.92 Å². The zero-order valence-corrected chi connectivity index (χ0v) is 19.7. The number of nitrogens with one attached hydrogen (secondary N) is 2. The van der Waals surface area contributed by atoms with E-state index < -0.39 is 0 Å². The van der Waals surface area contributed by atoms with E-state index in [4.69, 9.17) is 15.0 Å². The van der Waals surface area contributed by atoms with E-state index in [0.29, 0.717) is 11.9 Å². The summed E-state index contributed by atoms with van der Waals surface area (Å²) in [5, 5.41) is 17.3. The summed E-state index contributed by atoms with van der Waals surface area (Å²) in [6.45, 7) is 5.34. The minimum Gasteiger partial charge on any atom is -0.396 e. The van der Waals surface area contributed by atoms with E-state index in [2.05, 4.69) is 28.6 Å². The van der Waals surface area contributed by atoms with Gasteiger partial charge in [-0.15, -0.1) is 11.3 Å². The quantitative estimate of drug-likeness (QED) is 0.372. The fraction of sp³-hybridized carbons (Fsp3) is 0.583. The summed E-state index contributed by atoms with van der Waals surface area (Å²) in [7, 11) is 0. The second-order valence-corrected chi connectivity index (χ2v) is 10.2. The van der Waals surface area contributed by atoms with Gasteiger partial charge in [-0.2, -0.15) is 4.98 Å². The summed E-state index contributed by atoms with van der Waals surface area (Å²) in [6.07, 6.45) is 9.60. The van der Waals surface area contributed by atoms with Crippen LogP contribution in [-0.2, 0) is 0 Å². The molecule has 7 nitrogen and oxygen atoms in total. The van der Waals surface area contributed by atoms with Gasteiger partial charge in [0.05, 0.1) is 22.2 Å². The van der Waals surface area contributed by atoms with Crippen LogP contribution in [0.3, 0.4) is 0 Å². The molecule has 0 radical (unpaired) electrons. The zero-order chi connectivity index (χ0) is 22.1. The third kappa shape index (κ3) is 4.86. The number of aliphatic hydroxyl groups excluding tert-OH is 1. The van der Waals surface area contributed by atoms with Crippen LogP contribution in [0.1, 0.15) is 69.2 Å². The molecule has 32 heavy (non-hydrogen) atoms. The number of pyridine rings is 1. The maximum atomic E-state index is 9.29. The molecular formula is C24H32N6OS. The third-order valence-electron chi connectivity index (χ3n) is 6.39. The highest BCUT2D eigenvalue weighted by molar-refractivity contribution is 7.21. The van der Waals surface area contributed by atoms with Gasteiger partial charge < -0.3 is 15.7 Å². The number of thiazole rings is 1. The fourth-order valence-electron chi connectivity index (χ4n) is 4.04. The molecule has 8 heteroatoms. The van der Waals surface area contributed by atoms with Gasteiger partial charge in [0.15, 0.2) is 0 Å². The molecule has 0 spiro atoms. The monoisotopic (exact) mass is 452 g/mol. The van der Waals surface area contributed by atoms with Gasteiger partial charge in [0, 0.05) is 30.8 Å². The molecule has 0 aromatic carbocycles. The average Bonchev–Trinajstić information content (AvgIpc) is 3.72. The van der Waals surface area contributed by atoms with Crippen molar-refractivity contribution in [1.82, 2.24) is 19.9 Å². The topological polar surface area (TPSA) is 95.8 Å². The largest absolute Gasteiger partial charge is 0.396 e. The van der Waals surface area contributed by atoms with E-state index in [1.165, 1.54) is 36.1 Å². The lowest BCUT2D eigenvalue weighted by atomic mass is 10.1. The van der Waals surface area contributed by atoms with Crippen LogP contribution in [0.15, 0.2) is 12.3 Å². The molecule has 2 saturated carbocycles. The Hall–Kier alpha value is -2.32. The van der Waals surface area contributed by atoms with Gasteiger partial charge in [-0.25, -0.2) is 9.97 Å². The van der Waals surface area contributed by atoms with Crippen molar-refractivity contribution in [1.29, 1.82) is 0 Å². The number of rotatable bonds is 11. The van der Waals surface area contributed by atoms with Crippen molar-refractivity contribution < 1.29 is 5.11 Å². The molecular weight excluding hydrogens is 420 g/mol. The molecule has 2 aliphatic rings. The summed E-state index contributed by atoms with van der Waals surface area (Å²) in [5.74, 6) is 2.88. The predicted octanol–water partition coefficient (Wildman–Crippen LogP) is 5.12. The number of hydrogen-bond donors (Lipinski definition) is 3. The smallest absolute Gasteiger partial charge is 0.224 e. The van der Waals surface area contributed by atoms with Crippen LogP contribution in [0.2, 0.25) is 0 Å². The number of fused-ring (bicyclic) bond motifs is 1. The summed E-state index contributed by atoms with van der Waals surface area (Å²) in [6, 6.07) is 2.45. The van der Waals surface area contributed by atoms with Crippen LogP contribution in [0.5, 0.6) is 0 Å². The van der Waals surface area contributed by atoms with Gasteiger partial charge in [0.25, 0.3) is 0 Å². The van der Waals surface area contributed by atoms with Crippen LogP contribution in [-0.4, -0.2) is 44.2 Å². The third-order valence-corrected chi connectivity index (χ3v) is 7.42. The van der Waals surface area contributed by atoms with Gasteiger partial charge in [-0.05, 0) is 63.9 Å². The molecule has 0 amide bonds. The van der Waals surface area contributed by atoms with E-state index >= 15 is 0 Å². The molecule has 0 bridgehead atoms. The normalized spacial score (nSPS) is 17.0. The van der Waals surface area contributed by atoms with Gasteiger partial charge >= 0.3 is 0 Å². The summed E-state index contributed by atoms with van der Waals surface area (Å²) in [5.41, 5.74) is 4.02. The lowest BCUT2D eigenvalue weighted by Gasteiger charge is -2.20. The van der Waals surface area contributed by atoms with Crippen LogP contribution >= 0.6 is 11.3 Å².